The minimum Gasteiger partial charge on any atom is -0.381 e. The quantitative estimate of drug-likeness (QED) is 0.773. The SMILES string of the molecule is O=c1[nH]c([C@@H]2CC[C@@H]2c2ncccn2)nc2c1cnn2C1CCOCC1. The zero-order valence-corrected chi connectivity index (χ0v) is 14.3. The van der Waals surface area contributed by atoms with Crippen molar-refractivity contribution in [1.82, 2.24) is 29.7 Å². The first-order chi connectivity index (χ1) is 12.8. The molecular formula is C18H20N6O2. The van der Waals surface area contributed by atoms with Gasteiger partial charge in [-0.1, -0.05) is 0 Å². The summed E-state index contributed by atoms with van der Waals surface area (Å²) in [5.41, 5.74) is 0.554. The summed E-state index contributed by atoms with van der Waals surface area (Å²) in [4.78, 5) is 29.1. The Balaban J connectivity index is 1.53. The molecule has 8 nitrogen and oxygen atoms in total. The van der Waals surface area contributed by atoms with Gasteiger partial charge >= 0.3 is 0 Å². The van der Waals surface area contributed by atoms with Crippen LogP contribution in [0.2, 0.25) is 0 Å². The molecule has 8 heteroatoms. The zero-order chi connectivity index (χ0) is 17.5. The lowest BCUT2D eigenvalue weighted by Crippen LogP contribution is -2.28. The molecule has 134 valence electrons. The van der Waals surface area contributed by atoms with Crippen LogP contribution in [0.15, 0.2) is 29.5 Å². The van der Waals surface area contributed by atoms with Crippen molar-refractivity contribution in [3.63, 3.8) is 0 Å². The second-order valence-electron chi connectivity index (χ2n) is 7.02. The first-order valence-electron chi connectivity index (χ1n) is 9.13. The molecule has 4 heterocycles. The molecule has 1 N–H and O–H groups in total. The maximum Gasteiger partial charge on any atom is 0.262 e. The predicted molar refractivity (Wildman–Crippen MR) is 94.0 cm³/mol. The number of hydrogen-bond acceptors (Lipinski definition) is 6. The lowest BCUT2D eigenvalue weighted by Gasteiger charge is -2.34. The Morgan fingerprint density at radius 3 is 2.58 bits per heavy atom. The van der Waals surface area contributed by atoms with Crippen molar-refractivity contribution in [2.45, 2.75) is 43.6 Å². The monoisotopic (exact) mass is 352 g/mol. The Morgan fingerprint density at radius 2 is 1.85 bits per heavy atom. The molecule has 0 amide bonds. The number of ether oxygens (including phenoxy) is 1. The standard InChI is InChI=1S/C18H20N6O2/c25-18-14-10-21-24(11-4-8-26-9-5-11)17(14)22-16(23-18)13-3-2-12(13)15-19-6-1-7-20-15/h1,6-7,10-13H,2-5,8-9H2,(H,22,23,25)/t12-,13+/m0/s1. The van der Waals surface area contributed by atoms with Gasteiger partial charge < -0.3 is 9.72 Å². The van der Waals surface area contributed by atoms with Crippen LogP contribution in [0.1, 0.15) is 55.2 Å². The van der Waals surface area contributed by atoms with Gasteiger partial charge in [-0.3, -0.25) is 4.79 Å². The van der Waals surface area contributed by atoms with Crippen LogP contribution in [0.25, 0.3) is 11.0 Å². The molecule has 1 saturated heterocycles. The third-order valence-corrected chi connectivity index (χ3v) is 5.56. The number of H-pyrrole nitrogens is 1. The third kappa shape index (κ3) is 2.52. The second kappa shape index (κ2) is 6.28. The van der Waals surface area contributed by atoms with Crippen LogP contribution in [0.3, 0.4) is 0 Å². The van der Waals surface area contributed by atoms with E-state index in [1.165, 1.54) is 0 Å². The van der Waals surface area contributed by atoms with Crippen LogP contribution >= 0.6 is 0 Å². The van der Waals surface area contributed by atoms with Gasteiger partial charge in [0.2, 0.25) is 0 Å². The van der Waals surface area contributed by atoms with Crippen molar-refractivity contribution in [2.24, 2.45) is 0 Å². The van der Waals surface area contributed by atoms with E-state index in [2.05, 4.69) is 20.1 Å². The zero-order valence-electron chi connectivity index (χ0n) is 14.3. The van der Waals surface area contributed by atoms with Gasteiger partial charge in [0, 0.05) is 37.4 Å². The Labute approximate surface area is 149 Å². The topological polar surface area (TPSA) is 98.6 Å². The molecule has 0 unspecified atom stereocenters. The maximum absolute atomic E-state index is 12.6. The molecule has 1 aliphatic carbocycles. The highest BCUT2D eigenvalue weighted by Gasteiger charge is 2.37. The first kappa shape index (κ1) is 15.6. The summed E-state index contributed by atoms with van der Waals surface area (Å²) in [6.45, 7) is 1.44. The number of aromatic amines is 1. The number of rotatable bonds is 3. The number of nitrogens with one attached hydrogen (secondary N) is 1. The van der Waals surface area contributed by atoms with Gasteiger partial charge in [0.05, 0.1) is 12.2 Å². The molecule has 0 radical (unpaired) electrons. The Morgan fingerprint density at radius 1 is 1.08 bits per heavy atom. The van der Waals surface area contributed by atoms with Crippen molar-refractivity contribution < 1.29 is 4.74 Å². The van der Waals surface area contributed by atoms with E-state index in [0.717, 1.165) is 50.5 Å². The average molecular weight is 352 g/mol. The number of aromatic nitrogens is 6. The third-order valence-electron chi connectivity index (χ3n) is 5.56. The molecule has 0 aromatic carbocycles. The summed E-state index contributed by atoms with van der Waals surface area (Å²) in [6, 6.07) is 2.05. The Hall–Kier alpha value is -2.61. The first-order valence-corrected chi connectivity index (χ1v) is 9.13. The minimum atomic E-state index is -0.122. The van der Waals surface area contributed by atoms with E-state index in [4.69, 9.17) is 9.72 Å². The maximum atomic E-state index is 12.6. The van der Waals surface area contributed by atoms with Gasteiger partial charge in [0.1, 0.15) is 17.0 Å². The van der Waals surface area contributed by atoms with Crippen molar-refractivity contribution in [2.75, 3.05) is 13.2 Å². The highest BCUT2D eigenvalue weighted by atomic mass is 16.5. The molecule has 26 heavy (non-hydrogen) atoms. The summed E-state index contributed by atoms with van der Waals surface area (Å²) in [5, 5.41) is 5.00. The number of hydrogen-bond donors (Lipinski definition) is 1. The predicted octanol–water partition coefficient (Wildman–Crippen LogP) is 1.92. The molecular weight excluding hydrogens is 332 g/mol. The van der Waals surface area contributed by atoms with E-state index in [1.54, 1.807) is 18.6 Å². The molecule has 2 aliphatic rings. The van der Waals surface area contributed by atoms with E-state index in [0.29, 0.717) is 11.0 Å². The van der Waals surface area contributed by atoms with Gasteiger partial charge in [-0.2, -0.15) is 5.10 Å². The van der Waals surface area contributed by atoms with Gasteiger partial charge in [-0.05, 0) is 31.7 Å². The molecule has 1 aliphatic heterocycles. The smallest absolute Gasteiger partial charge is 0.262 e. The van der Waals surface area contributed by atoms with Crippen molar-refractivity contribution >= 4 is 11.0 Å². The molecule has 2 fully saturated rings. The van der Waals surface area contributed by atoms with Gasteiger partial charge in [-0.25, -0.2) is 19.6 Å². The number of fused-ring (bicyclic) bond motifs is 1. The summed E-state index contributed by atoms with van der Waals surface area (Å²) in [6.07, 6.45) is 8.92. The van der Waals surface area contributed by atoms with E-state index in [-0.39, 0.29) is 23.4 Å². The Bertz CT molecular complexity index is 976. The van der Waals surface area contributed by atoms with E-state index in [1.807, 2.05) is 10.7 Å². The highest BCUT2D eigenvalue weighted by molar-refractivity contribution is 5.73. The Kier molecular flexibility index (Phi) is 3.77. The van der Waals surface area contributed by atoms with Crippen LogP contribution in [-0.2, 0) is 4.74 Å². The van der Waals surface area contributed by atoms with Gasteiger partial charge in [0.25, 0.3) is 5.56 Å². The number of nitrogens with zero attached hydrogens (tertiary/aromatic N) is 5. The van der Waals surface area contributed by atoms with E-state index >= 15 is 0 Å². The summed E-state index contributed by atoms with van der Waals surface area (Å²) < 4.78 is 7.35. The lowest BCUT2D eigenvalue weighted by molar-refractivity contribution is 0.0673. The molecule has 1 saturated carbocycles. The van der Waals surface area contributed by atoms with Crippen LogP contribution in [-0.4, -0.2) is 42.9 Å². The molecule has 3 aromatic heterocycles. The van der Waals surface area contributed by atoms with E-state index in [9.17, 15) is 4.79 Å². The summed E-state index contributed by atoms with van der Waals surface area (Å²) in [7, 11) is 0. The molecule has 5 rings (SSSR count). The van der Waals surface area contributed by atoms with E-state index < -0.39 is 0 Å². The van der Waals surface area contributed by atoms with Crippen LogP contribution in [0, 0.1) is 0 Å². The molecule has 0 spiro atoms. The van der Waals surface area contributed by atoms with Crippen LogP contribution in [0.5, 0.6) is 0 Å². The van der Waals surface area contributed by atoms with Crippen LogP contribution < -0.4 is 5.56 Å². The fraction of sp³-hybridized carbons (Fsp3) is 0.500. The minimum absolute atomic E-state index is 0.122. The largest absolute Gasteiger partial charge is 0.381 e. The summed E-state index contributed by atoms with van der Waals surface area (Å²) in [5.74, 6) is 1.90. The lowest BCUT2D eigenvalue weighted by atomic mass is 9.72. The molecule has 0 bridgehead atoms. The van der Waals surface area contributed by atoms with Gasteiger partial charge in [0.15, 0.2) is 5.65 Å². The average Bonchev–Trinajstić information content (AvgIpc) is 3.07. The van der Waals surface area contributed by atoms with Crippen molar-refractivity contribution in [1.29, 1.82) is 0 Å². The normalized spacial score (nSPS) is 23.8. The van der Waals surface area contributed by atoms with Gasteiger partial charge in [-0.15, -0.1) is 0 Å². The molecule has 2 atom stereocenters. The highest BCUT2D eigenvalue weighted by Crippen LogP contribution is 2.46. The molecule has 3 aromatic rings. The van der Waals surface area contributed by atoms with Crippen molar-refractivity contribution in [3.8, 4) is 0 Å². The second-order valence-corrected chi connectivity index (χ2v) is 7.02. The fourth-order valence-electron chi connectivity index (χ4n) is 3.96. The fourth-order valence-corrected chi connectivity index (χ4v) is 3.96. The van der Waals surface area contributed by atoms with Crippen LogP contribution in [0.4, 0.5) is 0 Å². The van der Waals surface area contributed by atoms with Crippen molar-refractivity contribution in [3.05, 3.63) is 46.7 Å². The summed E-state index contributed by atoms with van der Waals surface area (Å²) >= 11 is 0.